The van der Waals surface area contributed by atoms with E-state index >= 15 is 0 Å². The Labute approximate surface area is 111 Å². The molecule has 2 aromatic rings. The van der Waals surface area contributed by atoms with Gasteiger partial charge in [0.15, 0.2) is 5.82 Å². The van der Waals surface area contributed by atoms with Gasteiger partial charge >= 0.3 is 12.3 Å². The minimum Gasteiger partial charge on any atom is -0.304 e. The first kappa shape index (κ1) is 14.4. The van der Waals surface area contributed by atoms with Crippen molar-refractivity contribution >= 4 is 0 Å². The van der Waals surface area contributed by atoms with E-state index in [9.17, 15) is 17.6 Å². The predicted octanol–water partition coefficient (Wildman–Crippen LogP) is 1.65. The van der Waals surface area contributed by atoms with Crippen LogP contribution in [-0.4, -0.2) is 39.1 Å². The fourth-order valence-corrected chi connectivity index (χ4v) is 1.50. The smallest absolute Gasteiger partial charge is 0.304 e. The number of halogens is 4. The highest BCUT2D eigenvalue weighted by molar-refractivity contribution is 5.30. The Hall–Kier alpha value is -2.03. The summed E-state index contributed by atoms with van der Waals surface area (Å²) in [5.41, 5.74) is 0.648. The van der Waals surface area contributed by atoms with Gasteiger partial charge in [-0.1, -0.05) is 18.2 Å². The van der Waals surface area contributed by atoms with Gasteiger partial charge < -0.3 is 5.32 Å². The van der Waals surface area contributed by atoms with E-state index in [0.29, 0.717) is 5.69 Å². The van der Waals surface area contributed by atoms with Gasteiger partial charge in [-0.05, 0) is 22.6 Å². The largest absolute Gasteiger partial charge is 0.319 e. The Morgan fingerprint density at radius 1 is 1.20 bits per heavy atom. The van der Waals surface area contributed by atoms with E-state index in [0.717, 1.165) is 0 Å². The summed E-state index contributed by atoms with van der Waals surface area (Å²) in [5, 5.41) is 13.0. The lowest BCUT2D eigenvalue weighted by Crippen LogP contribution is -2.38. The second-order valence-electron chi connectivity index (χ2n) is 4.01. The van der Waals surface area contributed by atoms with E-state index in [-0.39, 0.29) is 12.4 Å². The number of nitrogens with zero attached hydrogens (tertiary/aromatic N) is 4. The number of hydrogen-bond donors (Lipinski definition) is 1. The average molecular weight is 289 g/mol. The van der Waals surface area contributed by atoms with Gasteiger partial charge in [0.25, 0.3) is 0 Å². The van der Waals surface area contributed by atoms with E-state index in [4.69, 9.17) is 0 Å². The molecule has 0 radical (unpaired) electrons. The average Bonchev–Trinajstić information content (AvgIpc) is 2.88. The molecule has 0 amide bonds. The molecule has 0 saturated heterocycles. The molecule has 1 N–H and O–H groups in total. The quantitative estimate of drug-likeness (QED) is 0.822. The zero-order valence-electron chi connectivity index (χ0n) is 10.2. The van der Waals surface area contributed by atoms with E-state index in [1.807, 2.05) is 0 Å². The molecule has 5 nitrogen and oxygen atoms in total. The van der Waals surface area contributed by atoms with Crippen LogP contribution in [-0.2, 0) is 6.54 Å². The maximum Gasteiger partial charge on any atom is 0.319 e. The Balaban J connectivity index is 2.00. The topological polar surface area (TPSA) is 55.6 Å². The van der Waals surface area contributed by atoms with Crippen molar-refractivity contribution in [1.29, 1.82) is 0 Å². The minimum atomic E-state index is -4.08. The molecule has 0 fully saturated rings. The molecule has 0 aliphatic carbocycles. The van der Waals surface area contributed by atoms with Crippen molar-refractivity contribution in [2.24, 2.45) is 0 Å². The lowest BCUT2D eigenvalue weighted by molar-refractivity contribution is -0.125. The van der Waals surface area contributed by atoms with E-state index in [1.54, 1.807) is 30.3 Å². The van der Waals surface area contributed by atoms with Crippen LogP contribution in [0.5, 0.6) is 0 Å². The Kier molecular flexibility index (Phi) is 4.28. The van der Waals surface area contributed by atoms with Crippen LogP contribution >= 0.6 is 0 Å². The first-order chi connectivity index (χ1) is 9.50. The fraction of sp³-hybridized carbons (Fsp3) is 0.364. The molecule has 0 saturated carbocycles. The highest BCUT2D eigenvalue weighted by atomic mass is 19.3. The number of aromatic nitrogens is 4. The van der Waals surface area contributed by atoms with Crippen LogP contribution in [0.4, 0.5) is 17.6 Å². The summed E-state index contributed by atoms with van der Waals surface area (Å²) in [6.07, 6.45) is -3.71. The van der Waals surface area contributed by atoms with Crippen molar-refractivity contribution in [1.82, 2.24) is 25.5 Å². The number of benzene rings is 1. The van der Waals surface area contributed by atoms with Gasteiger partial charge in [-0.15, -0.1) is 5.10 Å². The van der Waals surface area contributed by atoms with Crippen molar-refractivity contribution in [3.8, 4) is 5.69 Å². The molecule has 1 aromatic carbocycles. The lowest BCUT2D eigenvalue weighted by atomic mass is 10.3. The third-order valence-electron chi connectivity index (χ3n) is 2.50. The number of alkyl halides is 4. The van der Waals surface area contributed by atoms with Crippen LogP contribution in [0.25, 0.3) is 5.69 Å². The highest BCUT2D eigenvalue weighted by Crippen LogP contribution is 2.21. The molecule has 0 unspecified atom stereocenters. The number of para-hydroxylation sites is 1. The summed E-state index contributed by atoms with van der Waals surface area (Å²) < 4.78 is 50.8. The van der Waals surface area contributed by atoms with E-state index in [1.165, 1.54) is 4.68 Å². The zero-order chi connectivity index (χ0) is 14.6. The van der Waals surface area contributed by atoms with Crippen molar-refractivity contribution < 1.29 is 17.6 Å². The summed E-state index contributed by atoms with van der Waals surface area (Å²) >= 11 is 0. The second-order valence-corrected chi connectivity index (χ2v) is 4.01. The summed E-state index contributed by atoms with van der Waals surface area (Å²) in [6.45, 7) is -1.30. The van der Waals surface area contributed by atoms with E-state index < -0.39 is 18.9 Å². The van der Waals surface area contributed by atoms with Crippen molar-refractivity contribution in [2.45, 2.75) is 18.9 Å². The minimum absolute atomic E-state index is 0.149. The Morgan fingerprint density at radius 3 is 2.55 bits per heavy atom. The molecule has 1 aromatic heterocycles. The van der Waals surface area contributed by atoms with Gasteiger partial charge in [-0.3, -0.25) is 0 Å². The fourth-order valence-electron chi connectivity index (χ4n) is 1.50. The van der Waals surface area contributed by atoms with Crippen molar-refractivity contribution in [3.63, 3.8) is 0 Å². The molecule has 1 heterocycles. The van der Waals surface area contributed by atoms with Gasteiger partial charge in [0.2, 0.25) is 0 Å². The summed E-state index contributed by atoms with van der Waals surface area (Å²) in [7, 11) is 0. The van der Waals surface area contributed by atoms with Gasteiger partial charge in [0.1, 0.15) is 0 Å². The molecule has 0 spiro atoms. The molecule has 9 heteroatoms. The predicted molar refractivity (Wildman–Crippen MR) is 61.8 cm³/mol. The zero-order valence-corrected chi connectivity index (χ0v) is 10.2. The van der Waals surface area contributed by atoms with Crippen LogP contribution in [0.1, 0.15) is 5.82 Å². The van der Waals surface area contributed by atoms with Gasteiger partial charge in [-0.2, -0.15) is 13.5 Å². The summed E-state index contributed by atoms with van der Waals surface area (Å²) in [4.78, 5) is 0. The Morgan fingerprint density at radius 2 is 1.90 bits per heavy atom. The third kappa shape index (κ3) is 3.29. The molecule has 0 aliphatic rings. The van der Waals surface area contributed by atoms with Crippen LogP contribution < -0.4 is 5.32 Å². The maximum absolute atomic E-state index is 12.7. The van der Waals surface area contributed by atoms with Crippen LogP contribution in [0.2, 0.25) is 0 Å². The van der Waals surface area contributed by atoms with Gasteiger partial charge in [-0.25, -0.2) is 8.78 Å². The molecular weight excluding hydrogens is 278 g/mol. The van der Waals surface area contributed by atoms with Gasteiger partial charge in [0, 0.05) is 0 Å². The molecule has 0 atom stereocenters. The second kappa shape index (κ2) is 5.95. The van der Waals surface area contributed by atoms with Crippen LogP contribution in [0.3, 0.4) is 0 Å². The van der Waals surface area contributed by atoms with E-state index in [2.05, 4.69) is 20.8 Å². The molecule has 0 aliphatic heterocycles. The first-order valence-electron chi connectivity index (χ1n) is 5.70. The molecule has 108 valence electrons. The number of rotatable bonds is 6. The summed E-state index contributed by atoms with van der Waals surface area (Å²) in [6, 6.07) is 8.79. The third-order valence-corrected chi connectivity index (χ3v) is 2.50. The lowest BCUT2D eigenvalue weighted by Gasteiger charge is -2.15. The SMILES string of the molecule is FC(F)C(F)(F)CNCc1nnnn1-c1ccccc1. The van der Waals surface area contributed by atoms with Gasteiger partial charge in [0.05, 0.1) is 18.8 Å². The monoisotopic (exact) mass is 289 g/mol. The standard InChI is InChI=1S/C11H11F4N5/c12-10(13)11(14,15)7-16-6-9-17-18-19-20(9)8-4-2-1-3-5-8/h1-5,10,16H,6-7H2. The number of nitrogens with one attached hydrogen (secondary N) is 1. The molecule has 2 rings (SSSR count). The first-order valence-corrected chi connectivity index (χ1v) is 5.70. The normalized spacial score (nSPS) is 12.1. The molecular formula is C11H11F4N5. The molecule has 20 heavy (non-hydrogen) atoms. The Bertz CT molecular complexity index is 543. The maximum atomic E-state index is 12.7. The highest BCUT2D eigenvalue weighted by Gasteiger charge is 2.40. The van der Waals surface area contributed by atoms with Crippen molar-refractivity contribution in [3.05, 3.63) is 36.2 Å². The summed E-state index contributed by atoms with van der Waals surface area (Å²) in [5.74, 6) is -3.83. The van der Waals surface area contributed by atoms with Crippen molar-refractivity contribution in [2.75, 3.05) is 6.54 Å². The number of tetrazole rings is 1. The van der Waals surface area contributed by atoms with Crippen LogP contribution in [0.15, 0.2) is 30.3 Å². The van der Waals surface area contributed by atoms with Crippen LogP contribution in [0, 0.1) is 0 Å². The molecule has 0 bridgehead atoms. The number of hydrogen-bond acceptors (Lipinski definition) is 4.